The predicted octanol–water partition coefficient (Wildman–Crippen LogP) is 4.92. The lowest BCUT2D eigenvalue weighted by molar-refractivity contribution is 0.539. The molecule has 0 aliphatic carbocycles. The highest BCUT2D eigenvalue weighted by Crippen LogP contribution is 2.25. The van der Waals surface area contributed by atoms with E-state index in [0.29, 0.717) is 17.3 Å². The van der Waals surface area contributed by atoms with Crippen LogP contribution in [0.3, 0.4) is 0 Å². The quantitative estimate of drug-likeness (QED) is 0.495. The van der Waals surface area contributed by atoms with Crippen LogP contribution in [0.4, 0.5) is 0 Å². The Morgan fingerprint density at radius 2 is 1.56 bits per heavy atom. The third-order valence-corrected chi connectivity index (χ3v) is 5.99. The van der Waals surface area contributed by atoms with Crippen LogP contribution in [0.25, 0.3) is 22.2 Å². The van der Waals surface area contributed by atoms with Crippen LogP contribution < -0.4 is 0 Å². The van der Waals surface area contributed by atoms with Gasteiger partial charge in [-0.1, -0.05) is 60.7 Å². The van der Waals surface area contributed by atoms with E-state index in [0.717, 1.165) is 21.9 Å². The minimum atomic E-state index is -3.39. The number of aromatic nitrogens is 1. The molecule has 0 fully saturated rings. The number of hydrogen-bond donors (Lipinski definition) is 0. The molecule has 0 N–H and O–H groups in total. The van der Waals surface area contributed by atoms with E-state index in [1.54, 1.807) is 6.92 Å². The molecule has 1 aromatic heterocycles. The number of aryl methyl sites for hydroxylation is 1. The normalized spacial score (nSPS) is 11.7. The summed E-state index contributed by atoms with van der Waals surface area (Å²) in [5.74, 6) is 0.818. The molecule has 136 valence electrons. The Labute approximate surface area is 158 Å². The number of oxazole rings is 1. The molecule has 0 saturated carbocycles. The molecular weight excluding hydrogens is 358 g/mol. The number of hydrogen-bond acceptors (Lipinski definition) is 4. The fraction of sp³-hybridized carbons (Fsp3) is 0.136. The van der Waals surface area contributed by atoms with Gasteiger partial charge in [0.25, 0.3) is 0 Å². The fourth-order valence-electron chi connectivity index (χ4n) is 3.18. The summed E-state index contributed by atoms with van der Waals surface area (Å²) < 4.78 is 31.4. The van der Waals surface area contributed by atoms with Crippen LogP contribution in [-0.2, 0) is 21.3 Å². The highest BCUT2D eigenvalue weighted by molar-refractivity contribution is 7.89. The molecule has 1 heterocycles. The second kappa shape index (κ2) is 7.00. The third kappa shape index (κ3) is 3.78. The first-order valence-corrected chi connectivity index (χ1v) is 10.5. The molecular formula is C22H19NO3S. The molecule has 0 aliphatic rings. The zero-order chi connectivity index (χ0) is 18.9. The minimum absolute atomic E-state index is 0.0265. The van der Waals surface area contributed by atoms with E-state index in [-0.39, 0.29) is 11.5 Å². The summed E-state index contributed by atoms with van der Waals surface area (Å²) in [7, 11) is -3.39. The summed E-state index contributed by atoms with van der Waals surface area (Å²) in [5.41, 5.74) is 2.10. The number of sulfone groups is 1. The van der Waals surface area contributed by atoms with Gasteiger partial charge in [-0.15, -0.1) is 0 Å². The average Bonchev–Trinajstić information content (AvgIpc) is 3.02. The summed E-state index contributed by atoms with van der Waals surface area (Å²) in [4.78, 5) is 4.42. The van der Waals surface area contributed by atoms with Gasteiger partial charge in [0.05, 0.1) is 17.2 Å². The van der Waals surface area contributed by atoms with Gasteiger partial charge in [-0.05, 0) is 35.4 Å². The minimum Gasteiger partial charge on any atom is -0.441 e. The lowest BCUT2D eigenvalue weighted by atomic mass is 10.1. The number of fused-ring (bicyclic) bond motifs is 1. The predicted molar refractivity (Wildman–Crippen MR) is 107 cm³/mol. The van der Waals surface area contributed by atoms with E-state index >= 15 is 0 Å². The van der Waals surface area contributed by atoms with Gasteiger partial charge in [-0.25, -0.2) is 13.4 Å². The maximum atomic E-state index is 12.8. The largest absolute Gasteiger partial charge is 0.441 e. The van der Waals surface area contributed by atoms with Crippen molar-refractivity contribution in [3.8, 4) is 11.5 Å². The van der Waals surface area contributed by atoms with Gasteiger partial charge in [0, 0.05) is 5.56 Å². The van der Waals surface area contributed by atoms with Crippen LogP contribution >= 0.6 is 0 Å². The Morgan fingerprint density at radius 1 is 0.852 bits per heavy atom. The molecule has 4 rings (SSSR count). The lowest BCUT2D eigenvalue weighted by Gasteiger charge is -2.07. The van der Waals surface area contributed by atoms with Gasteiger partial charge < -0.3 is 4.42 Å². The van der Waals surface area contributed by atoms with E-state index in [1.807, 2.05) is 72.8 Å². The first kappa shape index (κ1) is 17.5. The van der Waals surface area contributed by atoms with Crippen LogP contribution in [0.2, 0.25) is 0 Å². The first-order valence-electron chi connectivity index (χ1n) is 8.71. The molecule has 0 amide bonds. The first-order chi connectivity index (χ1) is 13.0. The van der Waals surface area contributed by atoms with Gasteiger partial charge in [-0.2, -0.15) is 0 Å². The number of rotatable bonds is 5. The van der Waals surface area contributed by atoms with Crippen LogP contribution in [0.5, 0.6) is 0 Å². The molecule has 0 bridgehead atoms. The molecule has 4 nitrogen and oxygen atoms in total. The zero-order valence-corrected chi connectivity index (χ0v) is 15.7. The number of nitrogens with zero attached hydrogens (tertiary/aromatic N) is 1. The summed E-state index contributed by atoms with van der Waals surface area (Å²) >= 11 is 0. The van der Waals surface area contributed by atoms with Crippen LogP contribution in [0.1, 0.15) is 17.0 Å². The maximum Gasteiger partial charge on any atom is 0.226 e. The maximum absolute atomic E-state index is 12.8. The summed E-state index contributed by atoms with van der Waals surface area (Å²) in [6.45, 7) is 1.75. The average molecular weight is 377 g/mol. The van der Waals surface area contributed by atoms with E-state index in [9.17, 15) is 8.42 Å². The van der Waals surface area contributed by atoms with Crippen molar-refractivity contribution in [2.75, 3.05) is 0 Å². The van der Waals surface area contributed by atoms with Crippen molar-refractivity contribution in [1.82, 2.24) is 4.98 Å². The second-order valence-electron chi connectivity index (χ2n) is 6.56. The molecule has 0 saturated heterocycles. The molecule has 0 radical (unpaired) electrons. The molecule has 0 atom stereocenters. The molecule has 0 aliphatic heterocycles. The standard InChI is InChI=1S/C22H19NO3S/c1-16-21(23-22(26-16)18-9-3-2-4-10-18)15-27(24,25)14-19-12-7-11-17-8-5-6-13-20(17)19/h2-13H,14-15H2,1H3. The van der Waals surface area contributed by atoms with Crippen molar-refractivity contribution in [2.24, 2.45) is 0 Å². The Bertz CT molecular complexity index is 1190. The molecule has 5 heteroatoms. The fourth-order valence-corrected chi connectivity index (χ4v) is 4.69. The Hall–Kier alpha value is -2.92. The van der Waals surface area contributed by atoms with E-state index < -0.39 is 9.84 Å². The second-order valence-corrected chi connectivity index (χ2v) is 8.62. The van der Waals surface area contributed by atoms with Crippen molar-refractivity contribution in [2.45, 2.75) is 18.4 Å². The summed E-state index contributed by atoms with van der Waals surface area (Å²) in [6.07, 6.45) is 0. The number of benzene rings is 3. The monoisotopic (exact) mass is 377 g/mol. The lowest BCUT2D eigenvalue weighted by Crippen LogP contribution is -2.09. The van der Waals surface area contributed by atoms with Crippen LogP contribution in [0, 0.1) is 6.92 Å². The van der Waals surface area contributed by atoms with Gasteiger partial charge in [0.2, 0.25) is 5.89 Å². The molecule has 0 spiro atoms. The van der Waals surface area contributed by atoms with E-state index in [4.69, 9.17) is 4.42 Å². The van der Waals surface area contributed by atoms with Crippen LogP contribution in [-0.4, -0.2) is 13.4 Å². The van der Waals surface area contributed by atoms with Gasteiger partial charge in [-0.3, -0.25) is 0 Å². The highest BCUT2D eigenvalue weighted by Gasteiger charge is 2.20. The van der Waals surface area contributed by atoms with Gasteiger partial charge in [0.1, 0.15) is 5.76 Å². The summed E-state index contributed by atoms with van der Waals surface area (Å²) in [5, 5.41) is 2.00. The van der Waals surface area contributed by atoms with E-state index in [1.165, 1.54) is 0 Å². The van der Waals surface area contributed by atoms with E-state index in [2.05, 4.69) is 4.98 Å². The van der Waals surface area contributed by atoms with Crippen molar-refractivity contribution >= 4 is 20.6 Å². The topological polar surface area (TPSA) is 60.2 Å². The van der Waals surface area contributed by atoms with Crippen molar-refractivity contribution in [3.63, 3.8) is 0 Å². The van der Waals surface area contributed by atoms with Crippen molar-refractivity contribution < 1.29 is 12.8 Å². The Kier molecular flexibility index (Phi) is 4.54. The molecule has 3 aromatic carbocycles. The van der Waals surface area contributed by atoms with Crippen molar-refractivity contribution in [3.05, 3.63) is 89.8 Å². The SMILES string of the molecule is Cc1oc(-c2ccccc2)nc1CS(=O)(=O)Cc1cccc2ccccc12. The molecule has 27 heavy (non-hydrogen) atoms. The van der Waals surface area contributed by atoms with Crippen molar-refractivity contribution in [1.29, 1.82) is 0 Å². The Morgan fingerprint density at radius 3 is 2.37 bits per heavy atom. The highest BCUT2D eigenvalue weighted by atomic mass is 32.2. The molecule has 4 aromatic rings. The Balaban J connectivity index is 1.61. The molecule has 0 unspecified atom stereocenters. The van der Waals surface area contributed by atoms with Gasteiger partial charge in [0.15, 0.2) is 9.84 Å². The smallest absolute Gasteiger partial charge is 0.226 e. The third-order valence-electron chi connectivity index (χ3n) is 4.53. The zero-order valence-electron chi connectivity index (χ0n) is 14.9. The van der Waals surface area contributed by atoms with Crippen LogP contribution in [0.15, 0.2) is 77.2 Å². The summed E-state index contributed by atoms with van der Waals surface area (Å²) in [6, 6.07) is 23.0. The van der Waals surface area contributed by atoms with Gasteiger partial charge >= 0.3 is 0 Å².